The van der Waals surface area contributed by atoms with Gasteiger partial charge in [0.2, 0.25) is 0 Å². The van der Waals surface area contributed by atoms with Gasteiger partial charge in [-0.25, -0.2) is 0 Å². The highest BCUT2D eigenvalue weighted by molar-refractivity contribution is 5.83. The molecule has 3 unspecified atom stereocenters. The molecule has 0 radical (unpaired) electrons. The van der Waals surface area contributed by atoms with Gasteiger partial charge in [0.15, 0.2) is 6.10 Å². The number of ether oxygens (including phenoxy) is 1. The highest BCUT2D eigenvalue weighted by atomic mass is 16.5. The number of aliphatic hydroxyl groups is 1. The van der Waals surface area contributed by atoms with Crippen molar-refractivity contribution in [2.24, 2.45) is 0 Å². The molecule has 21 heavy (non-hydrogen) atoms. The Kier molecular flexibility index (Phi) is 3.66. The Morgan fingerprint density at radius 3 is 2.81 bits per heavy atom. The third kappa shape index (κ3) is 2.52. The van der Waals surface area contributed by atoms with Crippen LogP contribution >= 0.6 is 0 Å². The molecule has 5 heteroatoms. The molecule has 2 N–H and O–H groups in total. The SMILES string of the molecule is CC1c2ccccc2OC1C(=O)NC(CO)c1ccco1. The van der Waals surface area contributed by atoms with Gasteiger partial charge >= 0.3 is 0 Å². The molecule has 0 aliphatic carbocycles. The van der Waals surface area contributed by atoms with Crippen LogP contribution in [-0.4, -0.2) is 23.7 Å². The summed E-state index contributed by atoms with van der Waals surface area (Å²) in [5.41, 5.74) is 1.02. The van der Waals surface area contributed by atoms with E-state index in [1.165, 1.54) is 6.26 Å². The number of carbonyl (C=O) groups is 1. The second-order valence-corrected chi connectivity index (χ2v) is 5.12. The van der Waals surface area contributed by atoms with Crippen LogP contribution in [0.3, 0.4) is 0 Å². The summed E-state index contributed by atoms with van der Waals surface area (Å²) < 4.78 is 10.9. The van der Waals surface area contributed by atoms with Crippen molar-refractivity contribution in [3.05, 3.63) is 54.0 Å². The van der Waals surface area contributed by atoms with Crippen LogP contribution in [0, 0.1) is 0 Å². The Bertz CT molecular complexity index is 623. The van der Waals surface area contributed by atoms with Gasteiger partial charge in [-0.15, -0.1) is 0 Å². The quantitative estimate of drug-likeness (QED) is 0.902. The maximum absolute atomic E-state index is 12.4. The Balaban J connectivity index is 1.72. The van der Waals surface area contributed by atoms with Crippen LogP contribution in [0.25, 0.3) is 0 Å². The Hall–Kier alpha value is -2.27. The number of carbonyl (C=O) groups excluding carboxylic acids is 1. The minimum atomic E-state index is -0.591. The number of fused-ring (bicyclic) bond motifs is 1. The van der Waals surface area contributed by atoms with Crippen LogP contribution < -0.4 is 10.1 Å². The highest BCUT2D eigenvalue weighted by Crippen LogP contribution is 2.37. The molecule has 5 nitrogen and oxygen atoms in total. The minimum Gasteiger partial charge on any atom is -0.480 e. The Morgan fingerprint density at radius 2 is 2.14 bits per heavy atom. The number of amides is 1. The van der Waals surface area contributed by atoms with E-state index in [0.717, 1.165) is 11.3 Å². The van der Waals surface area contributed by atoms with Crippen molar-refractivity contribution in [3.63, 3.8) is 0 Å². The van der Waals surface area contributed by atoms with Crippen molar-refractivity contribution < 1.29 is 19.1 Å². The van der Waals surface area contributed by atoms with Crippen LogP contribution in [0.15, 0.2) is 47.1 Å². The molecule has 0 fully saturated rings. The van der Waals surface area contributed by atoms with Gasteiger partial charge in [-0.3, -0.25) is 4.79 Å². The lowest BCUT2D eigenvalue weighted by atomic mass is 9.97. The minimum absolute atomic E-state index is 0.0304. The first-order valence-electron chi connectivity index (χ1n) is 6.91. The number of nitrogens with one attached hydrogen (secondary N) is 1. The number of furan rings is 1. The number of rotatable bonds is 4. The van der Waals surface area contributed by atoms with E-state index in [4.69, 9.17) is 9.15 Å². The molecular weight excluding hydrogens is 270 g/mol. The van der Waals surface area contributed by atoms with E-state index in [0.29, 0.717) is 5.76 Å². The predicted molar refractivity (Wildman–Crippen MR) is 76.0 cm³/mol. The number of aliphatic hydroxyl groups excluding tert-OH is 1. The third-order valence-corrected chi connectivity index (χ3v) is 3.76. The van der Waals surface area contributed by atoms with Crippen molar-refractivity contribution in [1.29, 1.82) is 0 Å². The lowest BCUT2D eigenvalue weighted by Crippen LogP contribution is -2.41. The molecule has 0 saturated heterocycles. The molecule has 3 rings (SSSR count). The van der Waals surface area contributed by atoms with Crippen molar-refractivity contribution in [1.82, 2.24) is 5.32 Å². The van der Waals surface area contributed by atoms with Gasteiger partial charge in [0.05, 0.1) is 12.9 Å². The summed E-state index contributed by atoms with van der Waals surface area (Å²) in [6, 6.07) is 10.5. The number of para-hydroxylation sites is 1. The predicted octanol–water partition coefficient (Wildman–Crippen LogP) is 1.99. The molecular formula is C16H17NO4. The van der Waals surface area contributed by atoms with Crippen LogP contribution in [0.1, 0.15) is 30.2 Å². The van der Waals surface area contributed by atoms with E-state index in [9.17, 15) is 9.90 Å². The van der Waals surface area contributed by atoms with Gasteiger partial charge in [-0.2, -0.15) is 0 Å². The van der Waals surface area contributed by atoms with Gasteiger partial charge < -0.3 is 19.6 Å². The highest BCUT2D eigenvalue weighted by Gasteiger charge is 2.37. The van der Waals surface area contributed by atoms with Gasteiger partial charge in [0.25, 0.3) is 5.91 Å². The standard InChI is InChI=1S/C16H17NO4/c1-10-11-5-2-3-6-13(11)21-15(10)16(19)17-12(9-18)14-7-4-8-20-14/h2-8,10,12,15,18H,9H2,1H3,(H,17,19). The average molecular weight is 287 g/mol. The summed E-state index contributed by atoms with van der Waals surface area (Å²) in [4.78, 5) is 12.4. The zero-order valence-electron chi connectivity index (χ0n) is 11.7. The molecule has 0 spiro atoms. The van der Waals surface area contributed by atoms with E-state index in [-0.39, 0.29) is 18.4 Å². The lowest BCUT2D eigenvalue weighted by molar-refractivity contribution is -0.129. The first kappa shape index (κ1) is 13.7. The van der Waals surface area contributed by atoms with Crippen molar-refractivity contribution in [3.8, 4) is 5.75 Å². The van der Waals surface area contributed by atoms with E-state index >= 15 is 0 Å². The van der Waals surface area contributed by atoms with Crippen molar-refractivity contribution in [2.45, 2.75) is 25.0 Å². The topological polar surface area (TPSA) is 71.7 Å². The zero-order chi connectivity index (χ0) is 14.8. The second-order valence-electron chi connectivity index (χ2n) is 5.12. The van der Waals surface area contributed by atoms with Gasteiger partial charge in [-0.1, -0.05) is 25.1 Å². The first-order chi connectivity index (χ1) is 10.2. The smallest absolute Gasteiger partial charge is 0.262 e. The monoisotopic (exact) mass is 287 g/mol. The summed E-state index contributed by atoms with van der Waals surface area (Å²) in [6.45, 7) is 1.73. The summed E-state index contributed by atoms with van der Waals surface area (Å²) in [5, 5.41) is 12.2. The van der Waals surface area contributed by atoms with Gasteiger partial charge in [0, 0.05) is 11.5 Å². The lowest BCUT2D eigenvalue weighted by Gasteiger charge is -2.19. The Morgan fingerprint density at radius 1 is 1.33 bits per heavy atom. The van der Waals surface area contributed by atoms with E-state index in [1.54, 1.807) is 12.1 Å². The fraction of sp³-hybridized carbons (Fsp3) is 0.312. The van der Waals surface area contributed by atoms with E-state index in [1.807, 2.05) is 31.2 Å². The number of hydrogen-bond donors (Lipinski definition) is 2. The van der Waals surface area contributed by atoms with Crippen molar-refractivity contribution in [2.75, 3.05) is 6.61 Å². The van der Waals surface area contributed by atoms with Crippen LogP contribution in [0.4, 0.5) is 0 Å². The largest absolute Gasteiger partial charge is 0.480 e. The molecule has 1 aliphatic heterocycles. The van der Waals surface area contributed by atoms with Gasteiger partial charge in [-0.05, 0) is 18.2 Å². The maximum Gasteiger partial charge on any atom is 0.262 e. The number of hydrogen-bond acceptors (Lipinski definition) is 4. The first-order valence-corrected chi connectivity index (χ1v) is 6.91. The second kappa shape index (κ2) is 5.61. The molecule has 110 valence electrons. The average Bonchev–Trinajstić information content (AvgIpc) is 3.13. The van der Waals surface area contributed by atoms with Crippen LogP contribution in [0.2, 0.25) is 0 Å². The molecule has 0 saturated carbocycles. The molecule has 1 amide bonds. The molecule has 0 bridgehead atoms. The fourth-order valence-corrected chi connectivity index (χ4v) is 2.60. The van der Waals surface area contributed by atoms with E-state index in [2.05, 4.69) is 5.32 Å². The molecule has 1 aromatic heterocycles. The number of benzene rings is 1. The fourth-order valence-electron chi connectivity index (χ4n) is 2.60. The summed E-state index contributed by atoms with van der Waals surface area (Å²) in [5.74, 6) is 0.976. The van der Waals surface area contributed by atoms with Crippen LogP contribution in [-0.2, 0) is 4.79 Å². The molecule has 1 aliphatic rings. The maximum atomic E-state index is 12.4. The summed E-state index contributed by atoms with van der Waals surface area (Å²) in [6.07, 6.45) is 0.917. The Labute approximate surface area is 122 Å². The van der Waals surface area contributed by atoms with Crippen LogP contribution in [0.5, 0.6) is 5.75 Å². The van der Waals surface area contributed by atoms with Crippen molar-refractivity contribution >= 4 is 5.91 Å². The molecule has 2 aromatic rings. The third-order valence-electron chi connectivity index (χ3n) is 3.76. The molecule has 2 heterocycles. The summed E-state index contributed by atoms with van der Waals surface area (Å²) >= 11 is 0. The zero-order valence-corrected chi connectivity index (χ0v) is 11.7. The molecule has 3 atom stereocenters. The normalized spacial score (nSPS) is 21.4. The van der Waals surface area contributed by atoms with Gasteiger partial charge in [0.1, 0.15) is 17.6 Å². The van der Waals surface area contributed by atoms with E-state index < -0.39 is 12.1 Å². The molecule has 1 aromatic carbocycles. The summed E-state index contributed by atoms with van der Waals surface area (Å²) in [7, 11) is 0.